The summed E-state index contributed by atoms with van der Waals surface area (Å²) in [4.78, 5) is 0.107. The van der Waals surface area contributed by atoms with Gasteiger partial charge in [-0.05, 0) is 31.2 Å². The lowest BCUT2D eigenvalue weighted by Gasteiger charge is -2.34. The van der Waals surface area contributed by atoms with E-state index >= 15 is 0 Å². The van der Waals surface area contributed by atoms with Crippen LogP contribution in [-0.2, 0) is 10.0 Å². The van der Waals surface area contributed by atoms with E-state index in [1.807, 2.05) is 13.0 Å². The number of fused-ring (bicyclic) bond motifs is 1. The number of hydrogen-bond acceptors (Lipinski definition) is 3. The molecule has 2 aromatic rings. The van der Waals surface area contributed by atoms with E-state index in [1.165, 1.54) is 10.4 Å². The van der Waals surface area contributed by atoms with Gasteiger partial charge >= 0.3 is 0 Å². The highest BCUT2D eigenvalue weighted by Crippen LogP contribution is 2.37. The highest BCUT2D eigenvalue weighted by atomic mass is 35.5. The first kappa shape index (κ1) is 14.2. The van der Waals surface area contributed by atoms with Gasteiger partial charge in [0.1, 0.15) is 16.7 Å². The van der Waals surface area contributed by atoms with E-state index in [4.69, 9.17) is 16.3 Å². The van der Waals surface area contributed by atoms with Crippen LogP contribution in [0, 0.1) is 0 Å². The number of rotatable bonds is 2. The molecule has 0 amide bonds. The molecule has 0 saturated carbocycles. The average Bonchev–Trinajstić information content (AvgIpc) is 2.46. The molecule has 0 N–H and O–H groups in total. The van der Waals surface area contributed by atoms with Gasteiger partial charge in [-0.1, -0.05) is 35.9 Å². The molecule has 0 bridgehead atoms. The van der Waals surface area contributed by atoms with Crippen molar-refractivity contribution in [3.8, 4) is 5.75 Å². The topological polar surface area (TPSA) is 46.6 Å². The minimum absolute atomic E-state index is 0.107. The number of hydrogen-bond donors (Lipinski definition) is 0. The van der Waals surface area contributed by atoms with Crippen LogP contribution in [0.25, 0.3) is 0 Å². The fourth-order valence-electron chi connectivity index (χ4n) is 2.35. The van der Waals surface area contributed by atoms with Crippen LogP contribution < -0.4 is 9.04 Å². The maximum absolute atomic E-state index is 12.9. The Morgan fingerprint density at radius 1 is 1.14 bits per heavy atom. The molecule has 1 aliphatic rings. The third-order valence-corrected chi connectivity index (χ3v) is 5.57. The number of anilines is 1. The van der Waals surface area contributed by atoms with Gasteiger partial charge < -0.3 is 4.74 Å². The monoisotopic (exact) mass is 323 g/mol. The van der Waals surface area contributed by atoms with E-state index < -0.39 is 10.0 Å². The van der Waals surface area contributed by atoms with Crippen LogP contribution >= 0.6 is 11.6 Å². The van der Waals surface area contributed by atoms with Crippen molar-refractivity contribution in [2.75, 3.05) is 10.8 Å². The second-order valence-corrected chi connectivity index (χ2v) is 7.10. The van der Waals surface area contributed by atoms with Gasteiger partial charge in [-0.3, -0.25) is 4.31 Å². The van der Waals surface area contributed by atoms with Gasteiger partial charge in [-0.2, -0.15) is 0 Å². The van der Waals surface area contributed by atoms with Gasteiger partial charge in [0.15, 0.2) is 0 Å². The van der Waals surface area contributed by atoms with Crippen molar-refractivity contribution in [3.63, 3.8) is 0 Å². The first-order valence-electron chi connectivity index (χ1n) is 6.53. The Morgan fingerprint density at radius 2 is 1.81 bits per heavy atom. The molecule has 3 rings (SSSR count). The molecule has 0 aromatic heterocycles. The Hall–Kier alpha value is -1.72. The van der Waals surface area contributed by atoms with Crippen LogP contribution in [-0.4, -0.2) is 21.1 Å². The van der Waals surface area contributed by atoms with Crippen LogP contribution in [0.15, 0.2) is 53.4 Å². The molecule has 2 aromatic carbocycles. The summed E-state index contributed by atoms with van der Waals surface area (Å²) in [6.07, 6.45) is -0.225. The van der Waals surface area contributed by atoms with Crippen molar-refractivity contribution in [3.05, 3.63) is 53.6 Å². The number of benzene rings is 2. The van der Waals surface area contributed by atoms with Gasteiger partial charge in [0, 0.05) is 0 Å². The van der Waals surface area contributed by atoms with Crippen molar-refractivity contribution in [2.24, 2.45) is 0 Å². The summed E-state index contributed by atoms with van der Waals surface area (Å²) < 4.78 is 32.8. The Kier molecular flexibility index (Phi) is 3.55. The predicted octanol–water partition coefficient (Wildman–Crippen LogP) is 3.32. The van der Waals surface area contributed by atoms with E-state index in [0.29, 0.717) is 11.4 Å². The van der Waals surface area contributed by atoms with Gasteiger partial charge in [0.05, 0.1) is 17.3 Å². The lowest BCUT2D eigenvalue weighted by Crippen LogP contribution is -2.42. The van der Waals surface area contributed by atoms with Crippen LogP contribution in [0.1, 0.15) is 6.92 Å². The summed E-state index contributed by atoms with van der Waals surface area (Å²) in [7, 11) is -3.72. The van der Waals surface area contributed by atoms with Crippen LogP contribution in [0.4, 0.5) is 5.69 Å². The van der Waals surface area contributed by atoms with Crippen molar-refractivity contribution in [1.29, 1.82) is 0 Å². The zero-order valence-electron chi connectivity index (χ0n) is 11.4. The average molecular weight is 324 g/mol. The molecule has 1 heterocycles. The zero-order chi connectivity index (χ0) is 15.0. The molecule has 0 fully saturated rings. The van der Waals surface area contributed by atoms with Crippen molar-refractivity contribution in [2.45, 2.75) is 17.9 Å². The minimum Gasteiger partial charge on any atom is -0.487 e. The second kappa shape index (κ2) is 5.24. The number of halogens is 1. The van der Waals surface area contributed by atoms with Crippen LogP contribution in [0.2, 0.25) is 5.02 Å². The third-order valence-electron chi connectivity index (χ3n) is 3.29. The molecule has 0 radical (unpaired) electrons. The van der Waals surface area contributed by atoms with Crippen molar-refractivity contribution >= 4 is 27.3 Å². The quantitative estimate of drug-likeness (QED) is 0.851. The molecule has 110 valence electrons. The number of para-hydroxylation sites is 2. The Labute approximate surface area is 129 Å². The summed E-state index contributed by atoms with van der Waals surface area (Å²) in [5, 5.41) is 0.217. The number of ether oxygens (including phenoxy) is 1. The molecule has 21 heavy (non-hydrogen) atoms. The zero-order valence-corrected chi connectivity index (χ0v) is 12.9. The summed E-state index contributed by atoms with van der Waals surface area (Å²) in [5.41, 5.74) is 0.538. The Balaban J connectivity index is 2.14. The number of sulfonamides is 1. The molecule has 0 saturated heterocycles. The fourth-order valence-corrected chi connectivity index (χ4v) is 4.40. The maximum Gasteiger partial charge on any atom is 0.266 e. The smallest absolute Gasteiger partial charge is 0.266 e. The second-order valence-electron chi connectivity index (χ2n) is 4.86. The highest BCUT2D eigenvalue weighted by molar-refractivity contribution is 7.93. The van der Waals surface area contributed by atoms with Gasteiger partial charge in [-0.15, -0.1) is 0 Å². The highest BCUT2D eigenvalue weighted by Gasteiger charge is 2.33. The van der Waals surface area contributed by atoms with E-state index in [-0.39, 0.29) is 22.6 Å². The normalized spacial score (nSPS) is 18.0. The standard InChI is InChI=1S/C15H14ClNO3S/c1-11-10-17(13-7-3-4-8-14(13)20-11)21(18,19)15-9-5-2-6-12(15)16/h2-9,11H,10H2,1H3. The maximum atomic E-state index is 12.9. The molecule has 1 aliphatic heterocycles. The van der Waals surface area contributed by atoms with Crippen molar-refractivity contribution in [1.82, 2.24) is 0 Å². The molecule has 4 nitrogen and oxygen atoms in total. The number of nitrogens with zero attached hydrogens (tertiary/aromatic N) is 1. The largest absolute Gasteiger partial charge is 0.487 e. The van der Waals surface area contributed by atoms with Crippen LogP contribution in [0.3, 0.4) is 0 Å². The van der Waals surface area contributed by atoms with E-state index in [1.54, 1.807) is 36.4 Å². The SMILES string of the molecule is CC1CN(S(=O)(=O)c2ccccc2Cl)c2ccccc2O1. The molecular formula is C15H14ClNO3S. The van der Waals surface area contributed by atoms with E-state index in [0.717, 1.165) is 0 Å². The molecule has 6 heteroatoms. The third kappa shape index (κ3) is 2.47. The van der Waals surface area contributed by atoms with E-state index in [9.17, 15) is 8.42 Å². The van der Waals surface area contributed by atoms with Gasteiger partial charge in [0.2, 0.25) is 0 Å². The van der Waals surface area contributed by atoms with E-state index in [2.05, 4.69) is 0 Å². The Morgan fingerprint density at radius 3 is 2.57 bits per heavy atom. The summed E-state index contributed by atoms with van der Waals surface area (Å²) in [6, 6.07) is 13.6. The summed E-state index contributed by atoms with van der Waals surface area (Å²) in [6.45, 7) is 2.09. The first-order chi connectivity index (χ1) is 10.00. The molecule has 0 spiro atoms. The molecule has 0 aliphatic carbocycles. The van der Waals surface area contributed by atoms with Crippen molar-refractivity contribution < 1.29 is 13.2 Å². The molecular weight excluding hydrogens is 310 g/mol. The molecule has 1 unspecified atom stereocenters. The van der Waals surface area contributed by atoms with Gasteiger partial charge in [0.25, 0.3) is 10.0 Å². The predicted molar refractivity (Wildman–Crippen MR) is 82.5 cm³/mol. The van der Waals surface area contributed by atoms with Gasteiger partial charge in [-0.25, -0.2) is 8.42 Å². The van der Waals surface area contributed by atoms with Crippen LogP contribution in [0.5, 0.6) is 5.75 Å². The molecule has 1 atom stereocenters. The Bertz CT molecular complexity index is 776. The lowest BCUT2D eigenvalue weighted by atomic mass is 10.2. The minimum atomic E-state index is -3.72. The summed E-state index contributed by atoms with van der Waals surface area (Å²) in [5.74, 6) is 0.562. The lowest BCUT2D eigenvalue weighted by molar-refractivity contribution is 0.219. The fraction of sp³-hybridized carbons (Fsp3) is 0.200. The summed E-state index contributed by atoms with van der Waals surface area (Å²) >= 11 is 6.05. The first-order valence-corrected chi connectivity index (χ1v) is 8.35.